The molecule has 0 radical (unpaired) electrons. The topological polar surface area (TPSA) is 79.3 Å². The van der Waals surface area contributed by atoms with Gasteiger partial charge in [-0.3, -0.25) is 4.90 Å². The molecule has 0 aliphatic carbocycles. The van der Waals surface area contributed by atoms with E-state index in [9.17, 15) is 13.5 Å². The van der Waals surface area contributed by atoms with E-state index in [1.165, 1.54) is 0 Å². The van der Waals surface area contributed by atoms with E-state index in [1.54, 1.807) is 16.4 Å². The second kappa shape index (κ2) is 11.0. The monoisotopic (exact) mass is 440 g/mol. The van der Waals surface area contributed by atoms with Crippen LogP contribution in [0, 0.1) is 0 Å². The maximum Gasteiger partial charge on any atom is 0.243 e. The van der Waals surface area contributed by atoms with Gasteiger partial charge >= 0.3 is 0 Å². The molecule has 30 heavy (non-hydrogen) atoms. The first-order chi connectivity index (χ1) is 14.4. The lowest BCUT2D eigenvalue weighted by molar-refractivity contribution is -0.0270. The van der Waals surface area contributed by atoms with Crippen molar-refractivity contribution in [3.8, 4) is 0 Å². The molecule has 7 nitrogen and oxygen atoms in total. The first kappa shape index (κ1) is 23.6. The van der Waals surface area contributed by atoms with E-state index in [0.29, 0.717) is 50.1 Å². The van der Waals surface area contributed by atoms with Crippen LogP contribution in [0.3, 0.4) is 0 Å². The minimum absolute atomic E-state index is 0.158. The van der Waals surface area contributed by atoms with Crippen molar-refractivity contribution < 1.29 is 23.0 Å². The molecule has 3 rings (SSSR count). The van der Waals surface area contributed by atoms with Gasteiger partial charge < -0.3 is 14.6 Å². The lowest BCUT2D eigenvalue weighted by Gasteiger charge is -2.35. The Labute approximate surface area is 181 Å². The van der Waals surface area contributed by atoms with Gasteiger partial charge in [0.15, 0.2) is 0 Å². The Morgan fingerprint density at radius 3 is 2.50 bits per heavy atom. The van der Waals surface area contributed by atoms with Crippen molar-refractivity contribution >= 4 is 10.0 Å². The molecule has 0 bridgehead atoms. The summed E-state index contributed by atoms with van der Waals surface area (Å²) in [6.07, 6.45) is 2.70. The summed E-state index contributed by atoms with van der Waals surface area (Å²) in [4.78, 5) is 2.45. The van der Waals surface area contributed by atoms with E-state index < -0.39 is 16.1 Å². The molecular formula is C22H36N2O5S. The molecule has 2 aliphatic rings. The molecule has 0 saturated carbocycles. The van der Waals surface area contributed by atoms with E-state index in [-0.39, 0.29) is 12.7 Å². The first-order valence-corrected chi connectivity index (χ1v) is 12.5. The van der Waals surface area contributed by atoms with Crippen LogP contribution < -0.4 is 0 Å². The van der Waals surface area contributed by atoms with Crippen molar-refractivity contribution in [2.75, 3.05) is 52.5 Å². The number of aliphatic hydroxyl groups excluding tert-OH is 1. The van der Waals surface area contributed by atoms with Crippen LogP contribution in [0.5, 0.6) is 0 Å². The van der Waals surface area contributed by atoms with Gasteiger partial charge in [0.2, 0.25) is 10.0 Å². The Bertz CT molecular complexity index is 741. The predicted molar refractivity (Wildman–Crippen MR) is 116 cm³/mol. The zero-order chi connectivity index (χ0) is 21.6. The number of nitrogens with zero attached hydrogens (tertiary/aromatic N) is 2. The highest BCUT2D eigenvalue weighted by atomic mass is 32.2. The molecule has 2 aliphatic heterocycles. The fourth-order valence-electron chi connectivity index (χ4n) is 3.97. The van der Waals surface area contributed by atoms with Crippen LogP contribution in [0.2, 0.25) is 0 Å². The zero-order valence-electron chi connectivity index (χ0n) is 18.2. The molecule has 0 spiro atoms. The molecule has 170 valence electrons. The van der Waals surface area contributed by atoms with Crippen molar-refractivity contribution in [1.82, 2.24) is 9.21 Å². The van der Waals surface area contributed by atoms with Gasteiger partial charge in [-0.25, -0.2) is 8.42 Å². The third-order valence-corrected chi connectivity index (χ3v) is 8.05. The van der Waals surface area contributed by atoms with Crippen LogP contribution >= 0.6 is 0 Å². The van der Waals surface area contributed by atoms with Crippen molar-refractivity contribution in [2.45, 2.75) is 56.1 Å². The summed E-state index contributed by atoms with van der Waals surface area (Å²) in [5, 5.41) is 10.2. The lowest BCUT2D eigenvalue weighted by atomic mass is 9.99. The van der Waals surface area contributed by atoms with Gasteiger partial charge in [-0.2, -0.15) is 4.31 Å². The SMILES string of the molecule is CC[C@H](C)c1ccc(S(=O)(=O)N2CCN(C[C@@H](O)COC[C@H]3CCCO3)CC2)cc1. The van der Waals surface area contributed by atoms with Gasteiger partial charge in [0, 0.05) is 39.3 Å². The Hall–Kier alpha value is -1.03. The van der Waals surface area contributed by atoms with Gasteiger partial charge in [0.05, 0.1) is 30.3 Å². The summed E-state index contributed by atoms with van der Waals surface area (Å²) in [7, 11) is -3.48. The number of sulfonamides is 1. The molecule has 1 N–H and O–H groups in total. The van der Waals surface area contributed by atoms with Crippen LogP contribution in [0.15, 0.2) is 29.2 Å². The number of aliphatic hydroxyl groups is 1. The minimum Gasteiger partial charge on any atom is -0.389 e. The molecule has 0 amide bonds. The average molecular weight is 441 g/mol. The minimum atomic E-state index is -3.48. The first-order valence-electron chi connectivity index (χ1n) is 11.1. The quantitative estimate of drug-likeness (QED) is 0.600. The molecule has 2 saturated heterocycles. The molecule has 3 atom stereocenters. The highest BCUT2D eigenvalue weighted by Crippen LogP contribution is 2.23. The van der Waals surface area contributed by atoms with Gasteiger partial charge in [-0.15, -0.1) is 0 Å². The Kier molecular flexibility index (Phi) is 8.68. The third kappa shape index (κ3) is 6.24. The van der Waals surface area contributed by atoms with Crippen LogP contribution in [0.25, 0.3) is 0 Å². The van der Waals surface area contributed by atoms with E-state index >= 15 is 0 Å². The van der Waals surface area contributed by atoms with Crippen LogP contribution in [0.1, 0.15) is 44.6 Å². The molecule has 0 aromatic heterocycles. The number of ether oxygens (including phenoxy) is 2. The molecule has 0 unspecified atom stereocenters. The van der Waals surface area contributed by atoms with Crippen molar-refractivity contribution in [1.29, 1.82) is 0 Å². The highest BCUT2D eigenvalue weighted by Gasteiger charge is 2.29. The smallest absolute Gasteiger partial charge is 0.243 e. The maximum absolute atomic E-state index is 13.0. The summed E-state index contributed by atoms with van der Waals surface area (Å²) in [6.45, 7) is 8.43. The van der Waals surface area contributed by atoms with Crippen molar-refractivity contribution in [3.63, 3.8) is 0 Å². The van der Waals surface area contributed by atoms with Crippen LogP contribution in [-0.2, 0) is 19.5 Å². The molecule has 8 heteroatoms. The summed E-state index contributed by atoms with van der Waals surface area (Å²) < 4.78 is 38.6. The van der Waals surface area contributed by atoms with Crippen LogP contribution in [-0.4, -0.2) is 87.5 Å². The van der Waals surface area contributed by atoms with Gasteiger partial charge in [-0.05, 0) is 42.9 Å². The van der Waals surface area contributed by atoms with E-state index in [0.717, 1.165) is 31.4 Å². The second-order valence-corrected chi connectivity index (χ2v) is 10.3. The number of hydrogen-bond donors (Lipinski definition) is 1. The fraction of sp³-hybridized carbons (Fsp3) is 0.727. The van der Waals surface area contributed by atoms with Gasteiger partial charge in [0.25, 0.3) is 0 Å². The van der Waals surface area contributed by atoms with Gasteiger partial charge in [-0.1, -0.05) is 26.0 Å². The summed E-state index contributed by atoms with van der Waals surface area (Å²) in [5.41, 5.74) is 1.16. The molecule has 2 heterocycles. The third-order valence-electron chi connectivity index (χ3n) is 6.14. The van der Waals surface area contributed by atoms with Crippen molar-refractivity contribution in [2.24, 2.45) is 0 Å². The predicted octanol–water partition coefficient (Wildman–Crippen LogP) is 2.06. The molecular weight excluding hydrogens is 404 g/mol. The normalized spacial score (nSPS) is 23.5. The van der Waals surface area contributed by atoms with E-state index in [4.69, 9.17) is 9.47 Å². The highest BCUT2D eigenvalue weighted by molar-refractivity contribution is 7.89. The average Bonchev–Trinajstić information content (AvgIpc) is 3.27. The Morgan fingerprint density at radius 1 is 1.20 bits per heavy atom. The molecule has 1 aromatic carbocycles. The standard InChI is InChI=1S/C22H36N2O5S/c1-3-18(2)19-6-8-22(9-7-19)30(26,27)24-12-10-23(11-13-24)15-20(25)16-28-17-21-5-4-14-29-21/h6-9,18,20-21,25H,3-5,10-17H2,1-2H3/t18-,20+,21+/m0/s1. The summed E-state index contributed by atoms with van der Waals surface area (Å²) in [5.74, 6) is 0.423. The number of benzene rings is 1. The number of hydrogen-bond acceptors (Lipinski definition) is 6. The largest absolute Gasteiger partial charge is 0.389 e. The number of rotatable bonds is 10. The summed E-state index contributed by atoms with van der Waals surface area (Å²) in [6, 6.07) is 7.28. The van der Waals surface area contributed by atoms with Gasteiger partial charge in [0.1, 0.15) is 0 Å². The van der Waals surface area contributed by atoms with Crippen LogP contribution in [0.4, 0.5) is 0 Å². The fourth-order valence-corrected chi connectivity index (χ4v) is 5.39. The number of piperazine rings is 1. The van der Waals surface area contributed by atoms with E-state index in [2.05, 4.69) is 18.7 Å². The van der Waals surface area contributed by atoms with Crippen molar-refractivity contribution in [3.05, 3.63) is 29.8 Å². The maximum atomic E-state index is 13.0. The lowest BCUT2D eigenvalue weighted by Crippen LogP contribution is -2.50. The Balaban J connectivity index is 1.43. The molecule has 2 fully saturated rings. The number of β-amino-alcohol motifs (C(OH)–C–C–N with tert-alkyl or cyclic N) is 1. The summed E-state index contributed by atoms with van der Waals surface area (Å²) >= 11 is 0. The molecule has 1 aromatic rings. The second-order valence-electron chi connectivity index (χ2n) is 8.41. The Morgan fingerprint density at radius 2 is 1.90 bits per heavy atom. The zero-order valence-corrected chi connectivity index (χ0v) is 19.0. The van der Waals surface area contributed by atoms with E-state index in [1.807, 2.05) is 12.1 Å².